The van der Waals surface area contributed by atoms with Gasteiger partial charge in [-0.25, -0.2) is 4.98 Å². The predicted octanol–water partition coefficient (Wildman–Crippen LogP) is 5.23. The van der Waals surface area contributed by atoms with E-state index in [2.05, 4.69) is 77.6 Å². The van der Waals surface area contributed by atoms with E-state index in [-0.39, 0.29) is 0 Å². The molecule has 0 saturated heterocycles. The molecular weight excluding hydrogens is 376 g/mol. The summed E-state index contributed by atoms with van der Waals surface area (Å²) in [6, 6.07) is 12.5. The molecule has 0 saturated carbocycles. The molecule has 0 aliphatic heterocycles. The second kappa shape index (κ2) is 3.79. The van der Waals surface area contributed by atoms with Crippen LogP contribution in [0.4, 0.5) is 0 Å². The summed E-state index contributed by atoms with van der Waals surface area (Å²) in [7, 11) is 0. The Labute approximate surface area is 124 Å². The topological polar surface area (TPSA) is 17.3 Å². The summed E-state index contributed by atoms with van der Waals surface area (Å²) in [5.41, 5.74) is 3.38. The zero-order valence-electron chi connectivity index (χ0n) is 9.02. The van der Waals surface area contributed by atoms with Crippen LogP contribution in [0.5, 0.6) is 0 Å². The van der Waals surface area contributed by atoms with Gasteiger partial charge < -0.3 is 0 Å². The summed E-state index contributed by atoms with van der Waals surface area (Å²) in [5, 5.41) is 0. The Balaban J connectivity index is 2.28. The highest BCUT2D eigenvalue weighted by atomic mass is 79.9. The highest BCUT2D eigenvalue weighted by Crippen LogP contribution is 2.32. The van der Waals surface area contributed by atoms with Crippen molar-refractivity contribution in [3.8, 4) is 0 Å². The lowest BCUT2D eigenvalue weighted by Crippen LogP contribution is -1.80. The maximum Gasteiger partial charge on any atom is 0.195 e. The second-order valence-electron chi connectivity index (χ2n) is 4.08. The minimum Gasteiger partial charge on any atom is -0.283 e. The van der Waals surface area contributed by atoms with E-state index in [1.165, 1.54) is 10.2 Å². The first kappa shape index (κ1) is 11.0. The average Bonchev–Trinajstić information content (AvgIpc) is 2.83. The van der Waals surface area contributed by atoms with Crippen molar-refractivity contribution in [2.75, 3.05) is 0 Å². The fourth-order valence-electron chi connectivity index (χ4n) is 2.18. The number of hydrogen-bond acceptors (Lipinski definition) is 2. The van der Waals surface area contributed by atoms with Crippen molar-refractivity contribution in [1.29, 1.82) is 0 Å². The summed E-state index contributed by atoms with van der Waals surface area (Å²) in [4.78, 5) is 5.72. The van der Waals surface area contributed by atoms with Crippen molar-refractivity contribution >= 4 is 69.4 Å². The lowest BCUT2D eigenvalue weighted by atomic mass is 10.3. The Morgan fingerprint density at radius 2 is 1.72 bits per heavy atom. The van der Waals surface area contributed by atoms with Crippen molar-refractivity contribution in [3.05, 3.63) is 45.3 Å². The molecule has 5 heteroatoms. The largest absolute Gasteiger partial charge is 0.283 e. The highest BCUT2D eigenvalue weighted by molar-refractivity contribution is 9.10. The fraction of sp³-hybridized carbons (Fsp3) is 0. The lowest BCUT2D eigenvalue weighted by molar-refractivity contribution is 1.34. The summed E-state index contributed by atoms with van der Waals surface area (Å²) in [5.74, 6) is 0. The first-order valence-corrected chi connectivity index (χ1v) is 7.78. The van der Waals surface area contributed by atoms with E-state index >= 15 is 0 Å². The molecule has 2 aromatic heterocycles. The Bertz CT molecular complexity index is 907. The summed E-state index contributed by atoms with van der Waals surface area (Å²) in [6.07, 6.45) is 0. The predicted molar refractivity (Wildman–Crippen MR) is 83.5 cm³/mol. The molecule has 0 bridgehead atoms. The third-order valence-corrected chi connectivity index (χ3v) is 4.96. The van der Waals surface area contributed by atoms with E-state index in [1.807, 2.05) is 0 Å². The van der Waals surface area contributed by atoms with Gasteiger partial charge in [0.2, 0.25) is 0 Å². The monoisotopic (exact) mass is 380 g/mol. The van der Waals surface area contributed by atoms with Gasteiger partial charge in [-0.05, 0) is 36.4 Å². The molecule has 0 N–H and O–H groups in total. The maximum atomic E-state index is 4.68. The fourth-order valence-corrected chi connectivity index (χ4v) is 3.90. The molecule has 4 rings (SSSR count). The molecule has 0 radical (unpaired) electrons. The number of halogens is 2. The molecule has 0 aliphatic rings. The van der Waals surface area contributed by atoms with Crippen molar-refractivity contribution in [3.63, 3.8) is 0 Å². The molecule has 88 valence electrons. The van der Waals surface area contributed by atoms with Crippen LogP contribution in [0.1, 0.15) is 0 Å². The van der Waals surface area contributed by atoms with Gasteiger partial charge in [0.1, 0.15) is 0 Å². The molecule has 0 fully saturated rings. The SMILES string of the molecule is Brc1ccc2c(c1)nc1sc3ccc(Br)cc3n12. The molecule has 18 heavy (non-hydrogen) atoms. The van der Waals surface area contributed by atoms with Crippen LogP contribution in [-0.4, -0.2) is 9.38 Å². The molecular formula is C13H6Br2N2S. The third-order valence-electron chi connectivity index (χ3n) is 2.95. The number of thiazole rings is 1. The number of hydrogen-bond donors (Lipinski definition) is 0. The summed E-state index contributed by atoms with van der Waals surface area (Å²) < 4.78 is 5.62. The first-order valence-electron chi connectivity index (χ1n) is 5.38. The van der Waals surface area contributed by atoms with Gasteiger partial charge in [0.05, 0.1) is 21.3 Å². The molecule has 0 spiro atoms. The van der Waals surface area contributed by atoms with E-state index in [0.29, 0.717) is 0 Å². The number of benzene rings is 2. The number of fused-ring (bicyclic) bond motifs is 5. The standard InChI is InChI=1S/C13H6Br2N2S/c14-7-1-3-10-9(5-7)16-13-17(10)11-6-8(15)2-4-12(11)18-13/h1-6H. The molecule has 2 heterocycles. The van der Waals surface area contributed by atoms with Gasteiger partial charge in [0.15, 0.2) is 4.96 Å². The van der Waals surface area contributed by atoms with E-state index in [0.717, 1.165) is 24.9 Å². The van der Waals surface area contributed by atoms with Gasteiger partial charge in [0.25, 0.3) is 0 Å². The van der Waals surface area contributed by atoms with E-state index < -0.39 is 0 Å². The molecule has 0 atom stereocenters. The average molecular weight is 382 g/mol. The normalized spacial score (nSPS) is 11.9. The Hall–Kier alpha value is -0.910. The Morgan fingerprint density at radius 3 is 2.61 bits per heavy atom. The second-order valence-corrected chi connectivity index (χ2v) is 6.92. The van der Waals surface area contributed by atoms with Gasteiger partial charge >= 0.3 is 0 Å². The van der Waals surface area contributed by atoms with Crippen LogP contribution in [-0.2, 0) is 0 Å². The van der Waals surface area contributed by atoms with E-state index in [9.17, 15) is 0 Å². The lowest BCUT2D eigenvalue weighted by Gasteiger charge is -1.96. The van der Waals surface area contributed by atoms with Gasteiger partial charge in [-0.3, -0.25) is 4.40 Å². The van der Waals surface area contributed by atoms with Gasteiger partial charge in [0, 0.05) is 8.95 Å². The molecule has 0 unspecified atom stereocenters. The van der Waals surface area contributed by atoms with Crippen molar-refractivity contribution in [1.82, 2.24) is 9.38 Å². The van der Waals surface area contributed by atoms with Crippen molar-refractivity contribution < 1.29 is 0 Å². The first-order chi connectivity index (χ1) is 8.72. The van der Waals surface area contributed by atoms with Gasteiger partial charge in [-0.15, -0.1) is 0 Å². The van der Waals surface area contributed by atoms with Crippen LogP contribution in [0.15, 0.2) is 45.3 Å². The Morgan fingerprint density at radius 1 is 0.944 bits per heavy atom. The van der Waals surface area contributed by atoms with Crippen molar-refractivity contribution in [2.24, 2.45) is 0 Å². The van der Waals surface area contributed by atoms with Crippen LogP contribution < -0.4 is 0 Å². The van der Waals surface area contributed by atoms with Gasteiger partial charge in [-0.2, -0.15) is 0 Å². The number of nitrogens with zero attached hydrogens (tertiary/aromatic N) is 2. The molecule has 0 aliphatic carbocycles. The number of rotatable bonds is 0. The minimum atomic E-state index is 1.03. The van der Waals surface area contributed by atoms with Crippen LogP contribution in [0, 0.1) is 0 Å². The van der Waals surface area contributed by atoms with Crippen LogP contribution >= 0.6 is 43.2 Å². The summed E-state index contributed by atoms with van der Waals surface area (Å²) >= 11 is 8.73. The number of imidazole rings is 1. The summed E-state index contributed by atoms with van der Waals surface area (Å²) in [6.45, 7) is 0. The van der Waals surface area contributed by atoms with Crippen LogP contribution in [0.25, 0.3) is 26.2 Å². The molecule has 0 amide bonds. The maximum absolute atomic E-state index is 4.68. The highest BCUT2D eigenvalue weighted by Gasteiger charge is 2.11. The van der Waals surface area contributed by atoms with Gasteiger partial charge in [-0.1, -0.05) is 43.2 Å². The van der Waals surface area contributed by atoms with Crippen molar-refractivity contribution in [2.45, 2.75) is 0 Å². The van der Waals surface area contributed by atoms with Crippen LogP contribution in [0.2, 0.25) is 0 Å². The van der Waals surface area contributed by atoms with Crippen LogP contribution in [0.3, 0.4) is 0 Å². The zero-order chi connectivity index (χ0) is 12.3. The molecule has 4 aromatic rings. The van der Waals surface area contributed by atoms with E-state index in [4.69, 9.17) is 0 Å². The Kier molecular flexibility index (Phi) is 2.31. The third kappa shape index (κ3) is 1.47. The smallest absolute Gasteiger partial charge is 0.195 e. The number of aromatic nitrogens is 2. The zero-order valence-corrected chi connectivity index (χ0v) is 13.0. The molecule has 2 aromatic carbocycles. The van der Waals surface area contributed by atoms with E-state index in [1.54, 1.807) is 11.3 Å². The minimum absolute atomic E-state index is 1.03. The molecule has 2 nitrogen and oxygen atoms in total. The quantitative estimate of drug-likeness (QED) is 0.407.